The van der Waals surface area contributed by atoms with Crippen LogP contribution in [0.2, 0.25) is 0 Å². The highest BCUT2D eigenvalue weighted by Crippen LogP contribution is 2.17. The number of nitrogens with zero attached hydrogens (tertiary/aromatic N) is 3. The van der Waals surface area contributed by atoms with Gasteiger partial charge in [0.25, 0.3) is 0 Å². The molecule has 0 aliphatic heterocycles. The fourth-order valence-electron chi connectivity index (χ4n) is 2.18. The summed E-state index contributed by atoms with van der Waals surface area (Å²) in [7, 11) is 0. The summed E-state index contributed by atoms with van der Waals surface area (Å²) in [5.41, 5.74) is 3.02. The standard InChI is InChI=1S/C15H19N3O3/c1-10(2)7-14-13(9-19)16-17-18(14)12-5-3-11(4-6-12)8-15(20)21/h3-6,10,19H,7-9H2,1-2H3,(H,20,21). The molecule has 0 bridgehead atoms. The molecule has 2 N–H and O–H groups in total. The van der Waals surface area contributed by atoms with Gasteiger partial charge in [0.05, 0.1) is 24.4 Å². The zero-order chi connectivity index (χ0) is 15.4. The van der Waals surface area contributed by atoms with E-state index in [1.807, 2.05) is 12.1 Å². The lowest BCUT2D eigenvalue weighted by molar-refractivity contribution is -0.136. The van der Waals surface area contributed by atoms with E-state index in [0.29, 0.717) is 11.6 Å². The van der Waals surface area contributed by atoms with Gasteiger partial charge in [-0.25, -0.2) is 4.68 Å². The summed E-state index contributed by atoms with van der Waals surface area (Å²) in [6.45, 7) is 4.04. The molecule has 0 aliphatic rings. The Bertz CT molecular complexity index is 618. The number of carboxylic acid groups (broad SMARTS) is 1. The third-order valence-corrected chi connectivity index (χ3v) is 3.13. The lowest BCUT2D eigenvalue weighted by atomic mass is 10.1. The summed E-state index contributed by atoms with van der Waals surface area (Å²) >= 11 is 0. The maximum Gasteiger partial charge on any atom is 0.307 e. The summed E-state index contributed by atoms with van der Waals surface area (Å²) in [4.78, 5) is 10.7. The Balaban J connectivity index is 2.33. The predicted octanol–water partition coefficient (Wildman–Crippen LogP) is 1.59. The van der Waals surface area contributed by atoms with Crippen LogP contribution >= 0.6 is 0 Å². The average molecular weight is 289 g/mol. The molecule has 2 rings (SSSR count). The SMILES string of the molecule is CC(C)Cc1c(CO)nnn1-c1ccc(CC(=O)O)cc1. The number of benzene rings is 1. The minimum atomic E-state index is -0.855. The van der Waals surface area contributed by atoms with Crippen LogP contribution in [0, 0.1) is 5.92 Å². The van der Waals surface area contributed by atoms with Gasteiger partial charge in [0.2, 0.25) is 0 Å². The molecule has 21 heavy (non-hydrogen) atoms. The van der Waals surface area contributed by atoms with E-state index in [2.05, 4.69) is 24.2 Å². The maximum absolute atomic E-state index is 10.7. The van der Waals surface area contributed by atoms with Gasteiger partial charge in [-0.05, 0) is 30.0 Å². The van der Waals surface area contributed by atoms with Crippen molar-refractivity contribution in [3.63, 3.8) is 0 Å². The summed E-state index contributed by atoms with van der Waals surface area (Å²) in [5, 5.41) is 26.2. The second-order valence-corrected chi connectivity index (χ2v) is 5.39. The first-order valence-electron chi connectivity index (χ1n) is 6.86. The second kappa shape index (κ2) is 6.49. The highest BCUT2D eigenvalue weighted by atomic mass is 16.4. The second-order valence-electron chi connectivity index (χ2n) is 5.39. The lowest BCUT2D eigenvalue weighted by Gasteiger charge is -2.10. The summed E-state index contributed by atoms with van der Waals surface area (Å²) in [6, 6.07) is 7.17. The quantitative estimate of drug-likeness (QED) is 0.843. The molecule has 0 fully saturated rings. The number of aliphatic hydroxyl groups excluding tert-OH is 1. The molecule has 0 amide bonds. The third kappa shape index (κ3) is 3.66. The lowest BCUT2D eigenvalue weighted by Crippen LogP contribution is -2.07. The molecular formula is C15H19N3O3. The van der Waals surface area contributed by atoms with E-state index >= 15 is 0 Å². The maximum atomic E-state index is 10.7. The Kier molecular flexibility index (Phi) is 4.70. The highest BCUT2D eigenvalue weighted by Gasteiger charge is 2.15. The van der Waals surface area contributed by atoms with Crippen LogP contribution in [0.3, 0.4) is 0 Å². The zero-order valence-corrected chi connectivity index (χ0v) is 12.2. The smallest absolute Gasteiger partial charge is 0.307 e. The first-order valence-corrected chi connectivity index (χ1v) is 6.86. The first-order chi connectivity index (χ1) is 10.0. The highest BCUT2D eigenvalue weighted by molar-refractivity contribution is 5.70. The van der Waals surface area contributed by atoms with Gasteiger partial charge < -0.3 is 10.2 Å². The van der Waals surface area contributed by atoms with Gasteiger partial charge >= 0.3 is 5.97 Å². The number of aromatic nitrogens is 3. The monoisotopic (exact) mass is 289 g/mol. The Morgan fingerprint density at radius 1 is 1.29 bits per heavy atom. The fraction of sp³-hybridized carbons (Fsp3) is 0.400. The molecule has 0 unspecified atom stereocenters. The van der Waals surface area contributed by atoms with E-state index in [1.165, 1.54) is 0 Å². The van der Waals surface area contributed by atoms with Gasteiger partial charge in [-0.15, -0.1) is 5.10 Å². The largest absolute Gasteiger partial charge is 0.481 e. The van der Waals surface area contributed by atoms with E-state index < -0.39 is 5.97 Å². The van der Waals surface area contributed by atoms with E-state index in [1.54, 1.807) is 16.8 Å². The number of rotatable bonds is 6. The van der Waals surface area contributed by atoms with Crippen molar-refractivity contribution in [2.24, 2.45) is 5.92 Å². The molecule has 0 atom stereocenters. The summed E-state index contributed by atoms with van der Waals surface area (Å²) < 4.78 is 1.70. The third-order valence-electron chi connectivity index (χ3n) is 3.13. The Labute approximate surface area is 123 Å². The fourth-order valence-corrected chi connectivity index (χ4v) is 2.18. The van der Waals surface area contributed by atoms with E-state index in [9.17, 15) is 9.90 Å². The molecule has 1 aromatic carbocycles. The minimum Gasteiger partial charge on any atom is -0.481 e. The molecule has 6 nitrogen and oxygen atoms in total. The molecule has 0 saturated heterocycles. The molecule has 0 spiro atoms. The van der Waals surface area contributed by atoms with Gasteiger partial charge in [-0.1, -0.05) is 31.2 Å². The van der Waals surface area contributed by atoms with Crippen molar-refractivity contribution in [1.82, 2.24) is 15.0 Å². The normalized spacial score (nSPS) is 11.0. The van der Waals surface area contributed by atoms with Crippen molar-refractivity contribution in [3.05, 3.63) is 41.2 Å². The van der Waals surface area contributed by atoms with E-state index in [4.69, 9.17) is 5.11 Å². The van der Waals surface area contributed by atoms with Crippen molar-refractivity contribution in [2.75, 3.05) is 0 Å². The van der Waals surface area contributed by atoms with Crippen molar-refractivity contribution < 1.29 is 15.0 Å². The van der Waals surface area contributed by atoms with Crippen molar-refractivity contribution in [3.8, 4) is 5.69 Å². The van der Waals surface area contributed by atoms with Crippen LogP contribution in [0.15, 0.2) is 24.3 Å². The molecular weight excluding hydrogens is 270 g/mol. The molecule has 2 aromatic rings. The number of carboxylic acids is 1. The zero-order valence-electron chi connectivity index (χ0n) is 12.2. The molecule has 6 heteroatoms. The Morgan fingerprint density at radius 2 is 1.95 bits per heavy atom. The molecule has 112 valence electrons. The number of hydrogen-bond acceptors (Lipinski definition) is 4. The summed E-state index contributed by atoms with van der Waals surface area (Å²) in [6.07, 6.45) is 0.762. The van der Waals surface area contributed by atoms with Gasteiger partial charge in [0.15, 0.2) is 0 Å². The summed E-state index contributed by atoms with van der Waals surface area (Å²) in [5.74, 6) is -0.439. The van der Waals surface area contributed by atoms with Crippen LogP contribution in [0.1, 0.15) is 30.8 Å². The Hall–Kier alpha value is -2.21. The molecule has 0 radical (unpaired) electrons. The van der Waals surface area contributed by atoms with E-state index in [0.717, 1.165) is 23.4 Å². The van der Waals surface area contributed by atoms with Gasteiger partial charge in [-0.3, -0.25) is 4.79 Å². The number of hydrogen-bond donors (Lipinski definition) is 2. The number of aliphatic carboxylic acids is 1. The van der Waals surface area contributed by atoms with Crippen LogP contribution in [-0.2, 0) is 24.2 Å². The average Bonchev–Trinajstić information content (AvgIpc) is 2.81. The Morgan fingerprint density at radius 3 is 2.48 bits per heavy atom. The van der Waals surface area contributed by atoms with E-state index in [-0.39, 0.29) is 13.0 Å². The number of carbonyl (C=O) groups is 1. The van der Waals surface area contributed by atoms with Crippen LogP contribution < -0.4 is 0 Å². The minimum absolute atomic E-state index is 0.00161. The molecule has 1 heterocycles. The van der Waals surface area contributed by atoms with Crippen LogP contribution in [0.5, 0.6) is 0 Å². The topological polar surface area (TPSA) is 88.2 Å². The van der Waals surface area contributed by atoms with Crippen molar-refractivity contribution in [1.29, 1.82) is 0 Å². The first kappa shape index (κ1) is 15.2. The molecule has 0 saturated carbocycles. The number of aliphatic hydroxyl groups is 1. The van der Waals surface area contributed by atoms with Crippen LogP contribution in [0.4, 0.5) is 0 Å². The van der Waals surface area contributed by atoms with Gasteiger partial charge in [0, 0.05) is 0 Å². The predicted molar refractivity (Wildman–Crippen MR) is 77.2 cm³/mol. The van der Waals surface area contributed by atoms with Gasteiger partial charge in [0.1, 0.15) is 5.69 Å². The molecule has 0 aliphatic carbocycles. The van der Waals surface area contributed by atoms with Gasteiger partial charge in [-0.2, -0.15) is 0 Å². The van der Waals surface area contributed by atoms with Crippen LogP contribution in [-0.4, -0.2) is 31.2 Å². The molecule has 1 aromatic heterocycles. The van der Waals surface area contributed by atoms with Crippen LogP contribution in [0.25, 0.3) is 5.69 Å². The van der Waals surface area contributed by atoms with Crippen molar-refractivity contribution >= 4 is 5.97 Å². The van der Waals surface area contributed by atoms with Crippen molar-refractivity contribution in [2.45, 2.75) is 33.3 Å².